The van der Waals surface area contributed by atoms with Gasteiger partial charge in [-0.05, 0) is 110 Å². The Morgan fingerprint density at radius 3 is 1.62 bits per heavy atom. The number of aliphatic imine (C=N–C) groups is 1. The lowest BCUT2D eigenvalue weighted by Gasteiger charge is -2.21. The first kappa shape index (κ1) is 41.5. The maximum absolute atomic E-state index is 6.94. The van der Waals surface area contributed by atoms with E-state index in [-0.39, 0.29) is 16.4 Å². The lowest BCUT2D eigenvalue weighted by Crippen LogP contribution is -2.55. The second-order valence-corrected chi connectivity index (χ2v) is 17.4. The molecule has 10 aromatic carbocycles. The predicted molar refractivity (Wildman–Crippen MR) is 294 cm³/mol. The van der Waals surface area contributed by atoms with Gasteiger partial charge in [-0.1, -0.05) is 157 Å². The minimum Gasteiger partial charge on any atom is -0.454 e. The van der Waals surface area contributed by atoms with E-state index in [4.69, 9.17) is 48.6 Å². The van der Waals surface area contributed by atoms with Crippen molar-refractivity contribution in [1.82, 2.24) is 4.57 Å². The largest absolute Gasteiger partial charge is 0.454 e. The molecule has 8 heteroatoms. The number of aromatic nitrogens is 1. The van der Waals surface area contributed by atoms with E-state index in [1.807, 2.05) is 61.5 Å². The molecule has 0 saturated heterocycles. The molecule has 0 aliphatic rings. The van der Waals surface area contributed by atoms with E-state index in [1.54, 1.807) is 0 Å². The molecule has 10 radical (unpaired) electrons. The SMILES string of the molecule is [B]c1c([B])c([B])c(-c2ccc3c(c2)c2ccccc2n3-c2cc3c4ccccc4c4ccccc4c3cc2-c2ccc3c(N=C(C)c4ccccc4)c(C(=C)c4ccccc4)oc3c2)c([B])c1[B]. The Hall–Kier alpha value is -7.95. The fourth-order valence-corrected chi connectivity index (χ4v) is 10.2. The van der Waals surface area contributed by atoms with E-state index in [9.17, 15) is 0 Å². The molecule has 0 spiro atoms. The second kappa shape index (κ2) is 16.1. The summed E-state index contributed by atoms with van der Waals surface area (Å²) in [6, 6.07) is 63.6. The van der Waals surface area contributed by atoms with Gasteiger partial charge in [-0.2, -0.15) is 0 Å². The van der Waals surface area contributed by atoms with Crippen LogP contribution >= 0.6 is 0 Å². The number of hydrogen-bond donors (Lipinski definition) is 0. The highest BCUT2D eigenvalue weighted by Crippen LogP contribution is 2.46. The van der Waals surface area contributed by atoms with Gasteiger partial charge in [0, 0.05) is 33.0 Å². The number of hydrogen-bond acceptors (Lipinski definition) is 2. The van der Waals surface area contributed by atoms with E-state index in [2.05, 4.69) is 139 Å². The van der Waals surface area contributed by atoms with Crippen molar-refractivity contribution < 1.29 is 4.42 Å². The van der Waals surface area contributed by atoms with E-state index in [0.717, 1.165) is 88.4 Å². The van der Waals surface area contributed by atoms with Crippen molar-refractivity contribution in [2.75, 3.05) is 0 Å². The molecule has 12 aromatic rings. The molecule has 0 unspecified atom stereocenters. The quantitative estimate of drug-likeness (QED) is 0.0893. The number of fused-ring (bicyclic) bond motifs is 10. The van der Waals surface area contributed by atoms with Crippen LogP contribution in [-0.4, -0.2) is 49.5 Å². The van der Waals surface area contributed by atoms with Crippen LogP contribution in [0.1, 0.15) is 23.8 Å². The third-order valence-electron chi connectivity index (χ3n) is 13.6. The Labute approximate surface area is 400 Å². The van der Waals surface area contributed by atoms with Gasteiger partial charge in [0.2, 0.25) is 0 Å². The molecule has 2 aromatic heterocycles. The first-order valence-electron chi connectivity index (χ1n) is 22.5. The summed E-state index contributed by atoms with van der Waals surface area (Å²) in [7, 11) is 32.3. The normalized spacial score (nSPS) is 12.0. The first-order valence-corrected chi connectivity index (χ1v) is 22.5. The highest BCUT2D eigenvalue weighted by Gasteiger charge is 2.23. The Bertz CT molecular complexity index is 4080. The smallest absolute Gasteiger partial charge is 0.161 e. The van der Waals surface area contributed by atoms with Crippen molar-refractivity contribution in [3.63, 3.8) is 0 Å². The van der Waals surface area contributed by atoms with Crippen molar-refractivity contribution in [3.05, 3.63) is 205 Å². The Morgan fingerprint density at radius 1 is 0.456 bits per heavy atom. The van der Waals surface area contributed by atoms with Crippen LogP contribution in [0.4, 0.5) is 5.69 Å². The Kier molecular flexibility index (Phi) is 9.85. The lowest BCUT2D eigenvalue weighted by molar-refractivity contribution is 0.601. The zero-order valence-corrected chi connectivity index (χ0v) is 37.2. The van der Waals surface area contributed by atoms with Gasteiger partial charge in [0.15, 0.2) is 5.76 Å². The van der Waals surface area contributed by atoms with Crippen LogP contribution in [0.25, 0.3) is 98.6 Å². The zero-order chi connectivity index (χ0) is 46.4. The third kappa shape index (κ3) is 6.46. The van der Waals surface area contributed by atoms with Crippen molar-refractivity contribution in [2.45, 2.75) is 6.92 Å². The average molecular weight is 854 g/mol. The topological polar surface area (TPSA) is 30.4 Å². The molecule has 0 saturated carbocycles. The molecule has 12 rings (SSSR count). The van der Waals surface area contributed by atoms with Gasteiger partial charge in [-0.25, -0.2) is 4.99 Å². The van der Waals surface area contributed by atoms with Crippen LogP contribution in [-0.2, 0) is 0 Å². The summed E-state index contributed by atoms with van der Waals surface area (Å²) in [6.45, 7) is 6.59. The van der Waals surface area contributed by atoms with Gasteiger partial charge >= 0.3 is 0 Å². The lowest BCUT2D eigenvalue weighted by atomic mass is 9.59. The molecule has 68 heavy (non-hydrogen) atoms. The fraction of sp³-hybridized carbons (Fsp3) is 0.0167. The van der Waals surface area contributed by atoms with Crippen LogP contribution in [0, 0.1) is 0 Å². The number of nitrogens with zero attached hydrogens (tertiary/aromatic N) is 2. The monoisotopic (exact) mass is 854 g/mol. The summed E-state index contributed by atoms with van der Waals surface area (Å²) >= 11 is 0. The molecule has 2 heterocycles. The van der Waals surface area contributed by atoms with Crippen LogP contribution < -0.4 is 27.3 Å². The number of para-hydroxylation sites is 1. The summed E-state index contributed by atoms with van der Waals surface area (Å²) in [4.78, 5) is 5.27. The van der Waals surface area contributed by atoms with Gasteiger partial charge in [-0.3, -0.25) is 0 Å². The minimum absolute atomic E-state index is 0.182. The zero-order valence-electron chi connectivity index (χ0n) is 37.2. The van der Waals surface area contributed by atoms with E-state index >= 15 is 0 Å². The summed E-state index contributed by atoms with van der Waals surface area (Å²) in [5.41, 5.74) is 12.6. The average Bonchev–Trinajstić information content (AvgIpc) is 3.92. The van der Waals surface area contributed by atoms with E-state index < -0.39 is 0 Å². The minimum atomic E-state index is 0.182. The van der Waals surface area contributed by atoms with Crippen LogP contribution in [0.15, 0.2) is 198 Å². The summed E-state index contributed by atoms with van der Waals surface area (Å²) in [6.07, 6.45) is 0. The molecule has 0 N–H and O–H groups in total. The number of furan rings is 1. The van der Waals surface area contributed by atoms with E-state index in [1.165, 1.54) is 21.5 Å². The maximum atomic E-state index is 6.94. The van der Waals surface area contributed by atoms with Gasteiger partial charge < -0.3 is 8.98 Å². The molecule has 3 nitrogen and oxygen atoms in total. The highest BCUT2D eigenvalue weighted by atomic mass is 16.3. The molecule has 0 amide bonds. The van der Waals surface area contributed by atoms with Crippen LogP contribution in [0.5, 0.6) is 0 Å². The van der Waals surface area contributed by atoms with E-state index in [0.29, 0.717) is 27.8 Å². The molecule has 0 aliphatic heterocycles. The molecule has 0 atom stereocenters. The molecular formula is C60H35B5N2O. The molecule has 0 fully saturated rings. The molecule has 0 aliphatic carbocycles. The van der Waals surface area contributed by atoms with Crippen molar-refractivity contribution in [2.24, 2.45) is 4.99 Å². The Morgan fingerprint density at radius 2 is 0.971 bits per heavy atom. The van der Waals surface area contributed by atoms with Crippen molar-refractivity contribution >= 4 is 149 Å². The highest BCUT2D eigenvalue weighted by molar-refractivity contribution is 6.68. The predicted octanol–water partition coefficient (Wildman–Crippen LogP) is 10.5. The van der Waals surface area contributed by atoms with Gasteiger partial charge in [0.25, 0.3) is 0 Å². The Balaban J connectivity index is 1.15. The summed E-state index contributed by atoms with van der Waals surface area (Å²) in [5, 5.41) is 9.96. The number of rotatable bonds is 7. The fourth-order valence-electron chi connectivity index (χ4n) is 10.2. The molecular weight excluding hydrogens is 819 g/mol. The second-order valence-electron chi connectivity index (χ2n) is 17.4. The summed E-state index contributed by atoms with van der Waals surface area (Å²) in [5.74, 6) is 0.624. The van der Waals surface area contributed by atoms with Gasteiger partial charge in [-0.15, -0.1) is 16.4 Å². The maximum Gasteiger partial charge on any atom is 0.161 e. The standard InChI is InChI=1S/C60H35B5N2O/c1-33(35-15-5-3-6-16-35)60-59(66-34(2)36-17-7-4-8-18-36)44-27-25-37(30-52(44)68-60)45-31-46-41-21-11-9-19-39(41)40-20-10-12-22-42(40)47(46)32-51(45)67-49-24-14-13-23-43(49)48-29-38(26-28-50(48)67)53-54(61)56(63)58(65)57(64)55(53)62/h3-32H,1H2,2H3. The molecule has 306 valence electrons. The first-order chi connectivity index (χ1) is 33.2. The van der Waals surface area contributed by atoms with Crippen LogP contribution in [0.2, 0.25) is 0 Å². The van der Waals surface area contributed by atoms with Crippen molar-refractivity contribution in [3.8, 4) is 27.9 Å². The number of benzene rings is 10. The summed E-state index contributed by atoms with van der Waals surface area (Å²) < 4.78 is 9.30. The van der Waals surface area contributed by atoms with Crippen molar-refractivity contribution in [1.29, 1.82) is 0 Å². The van der Waals surface area contributed by atoms with Crippen LogP contribution in [0.3, 0.4) is 0 Å². The van der Waals surface area contributed by atoms with Gasteiger partial charge in [0.05, 0.1) is 16.7 Å². The molecule has 0 bridgehead atoms. The third-order valence-corrected chi connectivity index (χ3v) is 13.6. The van der Waals surface area contributed by atoms with Gasteiger partial charge in [0.1, 0.15) is 50.5 Å².